The van der Waals surface area contributed by atoms with Crippen LogP contribution < -0.4 is 5.56 Å². The second-order valence-electron chi connectivity index (χ2n) is 7.24. The van der Waals surface area contributed by atoms with E-state index in [2.05, 4.69) is 0 Å². The molecule has 0 unspecified atom stereocenters. The predicted octanol–water partition coefficient (Wildman–Crippen LogP) is 2.48. The number of pyridine rings is 1. The Balaban J connectivity index is 1.56. The van der Waals surface area contributed by atoms with Crippen LogP contribution >= 0.6 is 11.6 Å². The number of sulfonamides is 1. The molecule has 10 heteroatoms. The first-order chi connectivity index (χ1) is 14.7. The number of aryl methyl sites for hydroxylation is 1. The number of hydrogen-bond donors (Lipinski definition) is 0. The number of nitrogens with zero attached hydrogens (tertiary/aromatic N) is 3. The number of para-hydroxylation sites is 1. The monoisotopic (exact) mass is 463 g/mol. The van der Waals surface area contributed by atoms with E-state index in [1.807, 2.05) is 0 Å². The first-order valence-corrected chi connectivity index (χ1v) is 11.3. The van der Waals surface area contributed by atoms with Gasteiger partial charge in [0.25, 0.3) is 11.5 Å². The van der Waals surface area contributed by atoms with Crippen LogP contribution in [0.4, 0.5) is 4.39 Å². The van der Waals surface area contributed by atoms with Crippen molar-refractivity contribution in [2.45, 2.75) is 4.90 Å². The van der Waals surface area contributed by atoms with Crippen molar-refractivity contribution < 1.29 is 17.6 Å². The average molecular weight is 464 g/mol. The van der Waals surface area contributed by atoms with Gasteiger partial charge < -0.3 is 9.47 Å². The van der Waals surface area contributed by atoms with E-state index in [0.717, 1.165) is 12.1 Å². The van der Waals surface area contributed by atoms with Crippen LogP contribution in [0.1, 0.15) is 10.4 Å². The lowest BCUT2D eigenvalue weighted by Crippen LogP contribution is -2.50. The molecule has 3 aromatic rings. The second-order valence-corrected chi connectivity index (χ2v) is 9.59. The van der Waals surface area contributed by atoms with Gasteiger partial charge in [-0.3, -0.25) is 9.59 Å². The second kappa shape index (κ2) is 8.07. The quantitative estimate of drug-likeness (QED) is 0.597. The molecule has 1 aromatic heterocycles. The molecule has 0 N–H and O–H groups in total. The molecule has 1 aliphatic rings. The average Bonchev–Trinajstić information content (AvgIpc) is 2.77. The number of hydrogen-bond acceptors (Lipinski definition) is 4. The van der Waals surface area contributed by atoms with E-state index in [4.69, 9.17) is 11.6 Å². The van der Waals surface area contributed by atoms with E-state index in [-0.39, 0.29) is 47.6 Å². The molecule has 1 amide bonds. The van der Waals surface area contributed by atoms with Gasteiger partial charge in [0.2, 0.25) is 10.0 Å². The first kappa shape index (κ1) is 21.5. The van der Waals surface area contributed by atoms with Crippen molar-refractivity contribution in [1.29, 1.82) is 0 Å². The highest BCUT2D eigenvalue weighted by Crippen LogP contribution is 2.24. The van der Waals surface area contributed by atoms with Gasteiger partial charge in [0.05, 0.1) is 21.0 Å². The van der Waals surface area contributed by atoms with E-state index < -0.39 is 15.8 Å². The van der Waals surface area contributed by atoms with Gasteiger partial charge in [-0.1, -0.05) is 29.8 Å². The fraction of sp³-hybridized carbons (Fsp3) is 0.238. The van der Waals surface area contributed by atoms with Crippen LogP contribution in [0.3, 0.4) is 0 Å². The van der Waals surface area contributed by atoms with Crippen molar-refractivity contribution in [3.63, 3.8) is 0 Å². The van der Waals surface area contributed by atoms with Gasteiger partial charge in [-0.15, -0.1) is 0 Å². The number of aromatic nitrogens is 1. The number of piperazine rings is 1. The molecule has 0 radical (unpaired) electrons. The number of carbonyl (C=O) groups excluding carboxylic acids is 1. The minimum absolute atomic E-state index is 0.0752. The van der Waals surface area contributed by atoms with Crippen molar-refractivity contribution in [2.24, 2.45) is 7.05 Å². The van der Waals surface area contributed by atoms with Gasteiger partial charge in [0.15, 0.2) is 0 Å². The first-order valence-electron chi connectivity index (χ1n) is 9.53. The summed E-state index contributed by atoms with van der Waals surface area (Å²) in [5.74, 6) is -1.02. The molecule has 1 saturated heterocycles. The Bertz CT molecular complexity index is 1350. The Hall–Kier alpha value is -2.75. The van der Waals surface area contributed by atoms with Gasteiger partial charge >= 0.3 is 0 Å². The standard InChI is InChI=1S/C21H19ClFN3O4S/c1-24-19-5-3-2-4-15(19)16(13-20(24)27)21(28)25-8-10-26(11-9-25)31(29,30)14-6-7-18(23)17(22)12-14/h2-7,12-13H,8-11H2,1H3. The number of halogens is 2. The maximum atomic E-state index is 13.4. The molecule has 1 aliphatic heterocycles. The molecule has 0 saturated carbocycles. The summed E-state index contributed by atoms with van der Waals surface area (Å²) < 4.78 is 41.8. The third kappa shape index (κ3) is 3.84. The molecule has 4 rings (SSSR count). The summed E-state index contributed by atoms with van der Waals surface area (Å²) in [6, 6.07) is 11.7. The molecule has 0 spiro atoms. The summed E-state index contributed by atoms with van der Waals surface area (Å²) in [4.78, 5) is 26.9. The highest BCUT2D eigenvalue weighted by atomic mass is 35.5. The minimum atomic E-state index is -3.87. The third-order valence-electron chi connectivity index (χ3n) is 5.44. The van der Waals surface area contributed by atoms with Crippen molar-refractivity contribution in [3.8, 4) is 0 Å². The van der Waals surface area contributed by atoms with Crippen LogP contribution in [-0.4, -0.2) is 54.3 Å². The smallest absolute Gasteiger partial charge is 0.254 e. The lowest BCUT2D eigenvalue weighted by molar-refractivity contribution is 0.0699. The molecule has 162 valence electrons. The van der Waals surface area contributed by atoms with E-state index >= 15 is 0 Å². The summed E-state index contributed by atoms with van der Waals surface area (Å²) in [6.45, 7) is 0.477. The lowest BCUT2D eigenvalue weighted by atomic mass is 10.1. The van der Waals surface area contributed by atoms with Crippen LogP contribution in [0, 0.1) is 5.82 Å². The number of rotatable bonds is 3. The summed E-state index contributed by atoms with van der Waals surface area (Å²) in [6.07, 6.45) is 0. The molecule has 31 heavy (non-hydrogen) atoms. The van der Waals surface area contributed by atoms with Crippen LogP contribution in [0.15, 0.2) is 58.2 Å². The fourth-order valence-corrected chi connectivity index (χ4v) is 5.37. The predicted molar refractivity (Wildman–Crippen MR) is 115 cm³/mol. The van der Waals surface area contributed by atoms with E-state index in [1.54, 1.807) is 31.3 Å². The van der Waals surface area contributed by atoms with Gasteiger partial charge in [0, 0.05) is 44.7 Å². The van der Waals surface area contributed by atoms with Gasteiger partial charge in [-0.05, 0) is 24.3 Å². The molecular weight excluding hydrogens is 445 g/mol. The van der Waals surface area contributed by atoms with Gasteiger partial charge in [0.1, 0.15) is 5.82 Å². The fourth-order valence-electron chi connectivity index (χ4n) is 3.68. The Morgan fingerprint density at radius 3 is 2.39 bits per heavy atom. The van der Waals surface area contributed by atoms with Crippen LogP contribution in [0.25, 0.3) is 10.9 Å². The lowest BCUT2D eigenvalue weighted by Gasteiger charge is -2.34. The van der Waals surface area contributed by atoms with Crippen LogP contribution in [0.5, 0.6) is 0 Å². The number of amides is 1. The molecule has 1 fully saturated rings. The Morgan fingerprint density at radius 1 is 1.03 bits per heavy atom. The highest BCUT2D eigenvalue weighted by molar-refractivity contribution is 7.89. The maximum Gasteiger partial charge on any atom is 0.254 e. The van der Waals surface area contributed by atoms with E-state index in [9.17, 15) is 22.4 Å². The Labute approximate surface area is 183 Å². The summed E-state index contributed by atoms with van der Waals surface area (Å²) in [5, 5.41) is 0.387. The van der Waals surface area contributed by atoms with Gasteiger partial charge in [-0.2, -0.15) is 4.31 Å². The van der Waals surface area contributed by atoms with E-state index in [0.29, 0.717) is 16.5 Å². The number of benzene rings is 2. The third-order valence-corrected chi connectivity index (χ3v) is 7.62. The molecular formula is C21H19ClFN3O4S. The van der Waals surface area contributed by atoms with Crippen molar-refractivity contribution >= 4 is 38.4 Å². The number of fused-ring (bicyclic) bond motifs is 1. The Kier molecular flexibility index (Phi) is 5.59. The molecule has 2 heterocycles. The maximum absolute atomic E-state index is 13.4. The summed E-state index contributed by atoms with van der Waals surface area (Å²) in [7, 11) is -2.23. The zero-order valence-corrected chi connectivity index (χ0v) is 18.2. The van der Waals surface area contributed by atoms with Crippen LogP contribution in [0.2, 0.25) is 5.02 Å². The highest BCUT2D eigenvalue weighted by Gasteiger charge is 2.31. The molecule has 0 bridgehead atoms. The van der Waals surface area contributed by atoms with E-state index in [1.165, 1.54) is 25.9 Å². The van der Waals surface area contributed by atoms with Crippen molar-refractivity contribution in [1.82, 2.24) is 13.8 Å². The zero-order chi connectivity index (χ0) is 22.3. The molecule has 0 aliphatic carbocycles. The van der Waals surface area contributed by atoms with Crippen LogP contribution in [-0.2, 0) is 17.1 Å². The SMILES string of the molecule is Cn1c(=O)cc(C(=O)N2CCN(S(=O)(=O)c3ccc(F)c(Cl)c3)CC2)c2ccccc21. The van der Waals surface area contributed by atoms with Crippen molar-refractivity contribution in [2.75, 3.05) is 26.2 Å². The molecule has 2 aromatic carbocycles. The molecule has 0 atom stereocenters. The van der Waals surface area contributed by atoms with Crippen molar-refractivity contribution in [3.05, 3.63) is 75.3 Å². The zero-order valence-electron chi connectivity index (χ0n) is 16.6. The molecule has 7 nitrogen and oxygen atoms in total. The number of carbonyl (C=O) groups is 1. The largest absolute Gasteiger partial charge is 0.336 e. The normalized spacial score (nSPS) is 15.4. The Morgan fingerprint density at radius 2 is 1.71 bits per heavy atom. The van der Waals surface area contributed by atoms with Gasteiger partial charge in [-0.25, -0.2) is 12.8 Å². The summed E-state index contributed by atoms with van der Waals surface area (Å²) in [5.41, 5.74) is 0.643. The minimum Gasteiger partial charge on any atom is -0.336 e. The topological polar surface area (TPSA) is 79.7 Å². The summed E-state index contributed by atoms with van der Waals surface area (Å²) >= 11 is 5.72.